The van der Waals surface area contributed by atoms with Crippen molar-refractivity contribution in [2.45, 2.75) is 39.7 Å². The monoisotopic (exact) mass is 258 g/mol. The summed E-state index contributed by atoms with van der Waals surface area (Å²) in [6.07, 6.45) is 3.18. The van der Waals surface area contributed by atoms with Gasteiger partial charge in [-0.1, -0.05) is 13.0 Å². The summed E-state index contributed by atoms with van der Waals surface area (Å²) in [5.74, 6) is -0.437. The van der Waals surface area contributed by atoms with Crippen molar-refractivity contribution in [2.24, 2.45) is 0 Å². The lowest BCUT2D eigenvalue weighted by Gasteiger charge is -2.43. The molecule has 0 aromatic heterocycles. The first kappa shape index (κ1) is 13.6. The van der Waals surface area contributed by atoms with E-state index in [-0.39, 0.29) is 11.1 Å². The van der Waals surface area contributed by atoms with Gasteiger partial charge >= 0.3 is 0 Å². The number of benzene rings is 1. The molecule has 2 rings (SSSR count). The van der Waals surface area contributed by atoms with E-state index in [4.69, 9.17) is 5.26 Å². The van der Waals surface area contributed by atoms with E-state index in [1.165, 1.54) is 6.07 Å². The van der Waals surface area contributed by atoms with Gasteiger partial charge in [-0.05, 0) is 44.9 Å². The summed E-state index contributed by atoms with van der Waals surface area (Å²) in [6.45, 7) is 9.26. The highest BCUT2D eigenvalue weighted by atomic mass is 19.1. The summed E-state index contributed by atoms with van der Waals surface area (Å²) in [7, 11) is 0. The zero-order valence-electron chi connectivity index (χ0n) is 11.9. The molecule has 100 valence electrons. The molecule has 0 spiro atoms. The molecule has 1 aliphatic rings. The van der Waals surface area contributed by atoms with Crippen LogP contribution in [-0.4, -0.2) is 12.1 Å². The first-order valence-electron chi connectivity index (χ1n) is 6.62. The van der Waals surface area contributed by atoms with E-state index >= 15 is 0 Å². The van der Waals surface area contributed by atoms with Gasteiger partial charge in [-0.2, -0.15) is 5.26 Å². The summed E-state index contributed by atoms with van der Waals surface area (Å²) < 4.78 is 13.9. The third kappa shape index (κ3) is 2.23. The van der Waals surface area contributed by atoms with Gasteiger partial charge in [-0.25, -0.2) is 4.39 Å². The zero-order valence-corrected chi connectivity index (χ0v) is 11.9. The van der Waals surface area contributed by atoms with Crippen LogP contribution in [0.5, 0.6) is 0 Å². The Morgan fingerprint density at radius 2 is 2.05 bits per heavy atom. The topological polar surface area (TPSA) is 27.0 Å². The average molecular weight is 258 g/mol. The fourth-order valence-electron chi connectivity index (χ4n) is 2.82. The lowest BCUT2D eigenvalue weighted by molar-refractivity contribution is 0.546. The Kier molecular flexibility index (Phi) is 3.36. The zero-order chi connectivity index (χ0) is 14.2. The minimum Gasteiger partial charge on any atom is -0.362 e. The largest absolute Gasteiger partial charge is 0.362 e. The Balaban J connectivity index is 2.66. The predicted octanol–water partition coefficient (Wildman–Crippen LogP) is 4.11. The smallest absolute Gasteiger partial charge is 0.143 e. The van der Waals surface area contributed by atoms with Gasteiger partial charge in [-0.3, -0.25) is 0 Å². The molecule has 0 radical (unpaired) electrons. The standard InChI is InChI=1S/C16H19FN2/c1-5-6-19-15-8-14(17)12(10-18)7-13(15)11(2)9-16(19,3)4/h7-9H,5-6H2,1-4H3. The molecule has 19 heavy (non-hydrogen) atoms. The summed E-state index contributed by atoms with van der Waals surface area (Å²) in [4.78, 5) is 2.21. The van der Waals surface area contributed by atoms with Gasteiger partial charge in [0.05, 0.1) is 11.1 Å². The van der Waals surface area contributed by atoms with Crippen LogP contribution in [0.2, 0.25) is 0 Å². The molecule has 0 unspecified atom stereocenters. The van der Waals surface area contributed by atoms with E-state index in [0.29, 0.717) is 0 Å². The maximum atomic E-state index is 13.9. The van der Waals surface area contributed by atoms with Gasteiger partial charge in [-0.15, -0.1) is 0 Å². The Bertz CT molecular complexity index is 579. The molecule has 1 heterocycles. The van der Waals surface area contributed by atoms with Crippen molar-refractivity contribution in [1.29, 1.82) is 5.26 Å². The van der Waals surface area contributed by atoms with Crippen molar-refractivity contribution in [1.82, 2.24) is 0 Å². The molecule has 0 aliphatic carbocycles. The number of fused-ring (bicyclic) bond motifs is 1. The van der Waals surface area contributed by atoms with Crippen molar-refractivity contribution >= 4 is 11.3 Å². The fourth-order valence-corrected chi connectivity index (χ4v) is 2.82. The Morgan fingerprint density at radius 1 is 1.37 bits per heavy atom. The fraction of sp³-hybridized carbons (Fsp3) is 0.438. The quantitative estimate of drug-likeness (QED) is 0.798. The lowest BCUT2D eigenvalue weighted by Crippen LogP contribution is -2.45. The second-order valence-electron chi connectivity index (χ2n) is 5.59. The maximum absolute atomic E-state index is 13.9. The number of rotatable bonds is 2. The van der Waals surface area contributed by atoms with Crippen molar-refractivity contribution < 1.29 is 4.39 Å². The van der Waals surface area contributed by atoms with Gasteiger partial charge < -0.3 is 4.90 Å². The highest BCUT2D eigenvalue weighted by Crippen LogP contribution is 2.39. The lowest BCUT2D eigenvalue weighted by atomic mass is 9.88. The summed E-state index contributed by atoms with van der Waals surface area (Å²) >= 11 is 0. The first-order chi connectivity index (χ1) is 8.90. The summed E-state index contributed by atoms with van der Waals surface area (Å²) in [6, 6.07) is 5.08. The van der Waals surface area contributed by atoms with Gasteiger partial charge in [0.25, 0.3) is 0 Å². The number of hydrogen-bond acceptors (Lipinski definition) is 2. The van der Waals surface area contributed by atoms with Gasteiger partial charge in [0, 0.05) is 17.8 Å². The van der Waals surface area contributed by atoms with E-state index in [1.807, 2.05) is 13.0 Å². The van der Waals surface area contributed by atoms with Crippen LogP contribution in [-0.2, 0) is 0 Å². The van der Waals surface area contributed by atoms with Gasteiger partial charge in [0.15, 0.2) is 0 Å². The molecule has 0 amide bonds. The van der Waals surface area contributed by atoms with Gasteiger partial charge in [0.1, 0.15) is 11.9 Å². The molecule has 1 aromatic rings. The van der Waals surface area contributed by atoms with Crippen LogP contribution >= 0.6 is 0 Å². The van der Waals surface area contributed by atoms with Crippen molar-refractivity contribution in [2.75, 3.05) is 11.4 Å². The minimum atomic E-state index is -0.437. The molecular formula is C16H19FN2. The Morgan fingerprint density at radius 3 is 2.63 bits per heavy atom. The minimum absolute atomic E-state index is 0.114. The molecule has 0 saturated carbocycles. The molecule has 0 saturated heterocycles. The number of allylic oxidation sites excluding steroid dienone is 1. The van der Waals surface area contributed by atoms with Crippen LogP contribution in [0.15, 0.2) is 18.2 Å². The van der Waals surface area contributed by atoms with Crippen molar-refractivity contribution in [3.63, 3.8) is 0 Å². The van der Waals surface area contributed by atoms with Crippen LogP contribution in [0.3, 0.4) is 0 Å². The Labute approximate surface area is 114 Å². The van der Waals surface area contributed by atoms with E-state index < -0.39 is 5.82 Å². The number of hydrogen-bond donors (Lipinski definition) is 0. The van der Waals surface area contributed by atoms with Crippen molar-refractivity contribution in [3.05, 3.63) is 35.2 Å². The second-order valence-corrected chi connectivity index (χ2v) is 5.59. The maximum Gasteiger partial charge on any atom is 0.143 e. The highest BCUT2D eigenvalue weighted by Gasteiger charge is 2.31. The molecular weight excluding hydrogens is 239 g/mol. The van der Waals surface area contributed by atoms with E-state index in [2.05, 4.69) is 31.7 Å². The van der Waals surface area contributed by atoms with Gasteiger partial charge in [0.2, 0.25) is 0 Å². The van der Waals surface area contributed by atoms with Crippen LogP contribution in [0.4, 0.5) is 10.1 Å². The average Bonchev–Trinajstić information content (AvgIpc) is 2.33. The third-order valence-corrected chi connectivity index (χ3v) is 3.63. The van der Waals surface area contributed by atoms with Crippen LogP contribution in [0, 0.1) is 17.1 Å². The Hall–Kier alpha value is -1.82. The summed E-state index contributed by atoms with van der Waals surface area (Å²) in [5.41, 5.74) is 2.94. The third-order valence-electron chi connectivity index (χ3n) is 3.63. The van der Waals surface area contributed by atoms with Crippen LogP contribution in [0.1, 0.15) is 45.2 Å². The molecule has 1 aliphatic heterocycles. The molecule has 3 heteroatoms. The molecule has 0 bridgehead atoms. The van der Waals surface area contributed by atoms with E-state index in [1.54, 1.807) is 6.07 Å². The molecule has 0 atom stereocenters. The normalized spacial score (nSPS) is 16.6. The van der Waals surface area contributed by atoms with Crippen LogP contribution < -0.4 is 4.90 Å². The van der Waals surface area contributed by atoms with E-state index in [9.17, 15) is 4.39 Å². The first-order valence-corrected chi connectivity index (χ1v) is 6.62. The van der Waals surface area contributed by atoms with E-state index in [0.717, 1.165) is 29.8 Å². The molecule has 1 aromatic carbocycles. The molecule has 0 fully saturated rings. The molecule has 0 N–H and O–H groups in total. The number of nitriles is 1. The second kappa shape index (κ2) is 4.70. The molecule has 2 nitrogen and oxygen atoms in total. The highest BCUT2D eigenvalue weighted by molar-refractivity contribution is 5.82. The SMILES string of the molecule is CCCN1c2cc(F)c(C#N)cc2C(C)=CC1(C)C. The number of nitrogens with zero attached hydrogens (tertiary/aromatic N) is 2. The van der Waals surface area contributed by atoms with Crippen molar-refractivity contribution in [3.8, 4) is 6.07 Å². The summed E-state index contributed by atoms with van der Waals surface area (Å²) in [5, 5.41) is 8.96. The number of halogens is 1. The van der Waals surface area contributed by atoms with Crippen LogP contribution in [0.25, 0.3) is 5.57 Å². The predicted molar refractivity (Wildman–Crippen MR) is 76.5 cm³/mol. The number of anilines is 1.